The molecule has 9 heteroatoms. The highest BCUT2D eigenvalue weighted by molar-refractivity contribution is 7.85. The van der Waals surface area contributed by atoms with E-state index < -0.39 is 15.5 Å². The summed E-state index contributed by atoms with van der Waals surface area (Å²) in [7, 11) is -2.89. The Morgan fingerprint density at radius 3 is 2.57 bits per heavy atom. The van der Waals surface area contributed by atoms with E-state index in [-0.39, 0.29) is 28.5 Å². The number of ether oxygens (including phenoxy) is 2. The monoisotopic (exact) mass is 613 g/mol. The molecule has 1 N–H and O–H groups in total. The molecular weight excluding hydrogens is 576 g/mol. The molecule has 44 heavy (non-hydrogen) atoms. The van der Waals surface area contributed by atoms with Gasteiger partial charge in [-0.1, -0.05) is 19.9 Å². The molecular formula is C35H37N2O6S+. The van der Waals surface area contributed by atoms with E-state index >= 15 is 0 Å². The number of allylic oxidation sites excluding steroid dienone is 3. The van der Waals surface area contributed by atoms with Gasteiger partial charge in [-0.3, -0.25) is 4.55 Å². The van der Waals surface area contributed by atoms with Crippen LogP contribution in [0.5, 0.6) is 0 Å². The van der Waals surface area contributed by atoms with Gasteiger partial charge in [0.2, 0.25) is 5.69 Å². The van der Waals surface area contributed by atoms with E-state index in [0.717, 1.165) is 54.9 Å². The lowest BCUT2D eigenvalue weighted by Gasteiger charge is -2.44. The molecule has 2 aromatic carbocycles. The van der Waals surface area contributed by atoms with Crippen molar-refractivity contribution in [3.63, 3.8) is 0 Å². The van der Waals surface area contributed by atoms with Crippen LogP contribution in [0.4, 0.5) is 11.4 Å². The van der Waals surface area contributed by atoms with Crippen LogP contribution in [0.3, 0.4) is 0 Å². The Hall–Kier alpha value is -3.53. The number of carbonyl (C=O) groups excluding carboxylic acids is 1. The molecule has 0 spiro atoms. The van der Waals surface area contributed by atoms with Crippen molar-refractivity contribution >= 4 is 33.2 Å². The number of esters is 1. The third kappa shape index (κ3) is 3.72. The minimum Gasteiger partial charge on any atom is -0.465 e. The number of anilines is 1. The summed E-state index contributed by atoms with van der Waals surface area (Å²) in [5, 5.41) is 0. The van der Waals surface area contributed by atoms with Crippen LogP contribution in [0.15, 0.2) is 75.9 Å². The normalized spacial score (nSPS) is 27.2. The van der Waals surface area contributed by atoms with E-state index in [2.05, 4.69) is 49.3 Å². The van der Waals surface area contributed by atoms with Crippen LogP contribution in [0.1, 0.15) is 68.4 Å². The van der Waals surface area contributed by atoms with E-state index in [9.17, 15) is 17.8 Å². The van der Waals surface area contributed by atoms with E-state index in [0.29, 0.717) is 11.5 Å². The number of fused-ring (bicyclic) bond motifs is 9. The first-order valence-electron chi connectivity index (χ1n) is 15.4. The second-order valence-electron chi connectivity index (χ2n) is 14.0. The van der Waals surface area contributed by atoms with Crippen molar-refractivity contribution in [3.05, 3.63) is 87.7 Å². The molecule has 0 bridgehead atoms. The largest absolute Gasteiger partial charge is 0.465 e. The molecule has 0 saturated heterocycles. The molecule has 0 radical (unpaired) electrons. The molecule has 8 nitrogen and oxygen atoms in total. The first-order valence-corrected chi connectivity index (χ1v) is 16.9. The van der Waals surface area contributed by atoms with E-state index in [1.165, 1.54) is 41.3 Å². The lowest BCUT2D eigenvalue weighted by Crippen LogP contribution is -2.46. The molecule has 5 aliphatic heterocycles. The van der Waals surface area contributed by atoms with Crippen LogP contribution in [-0.4, -0.2) is 61.6 Å². The molecule has 3 atom stereocenters. The average Bonchev–Trinajstić information content (AvgIpc) is 3.37. The number of carbonyl (C=O) groups is 1. The fraction of sp³-hybridized carbons (Fsp3) is 0.429. The van der Waals surface area contributed by atoms with Crippen LogP contribution in [0.2, 0.25) is 0 Å². The van der Waals surface area contributed by atoms with Gasteiger partial charge in [0.1, 0.15) is 0 Å². The lowest BCUT2D eigenvalue weighted by molar-refractivity contribution is -0.445. The highest BCUT2D eigenvalue weighted by Crippen LogP contribution is 2.55. The van der Waals surface area contributed by atoms with Gasteiger partial charge in [0.15, 0.2) is 12.3 Å². The minimum absolute atomic E-state index is 0.0254. The summed E-state index contributed by atoms with van der Waals surface area (Å²) in [5.74, 6) is 0.0276. The predicted octanol–water partition coefficient (Wildman–Crippen LogP) is 5.60. The van der Waals surface area contributed by atoms with Crippen molar-refractivity contribution in [1.29, 1.82) is 0 Å². The molecule has 228 valence electrons. The maximum Gasteiger partial charge on any atom is 0.337 e. The Morgan fingerprint density at radius 1 is 1.02 bits per heavy atom. The number of nitrogens with zero attached hydrogens (tertiary/aromatic N) is 2. The lowest BCUT2D eigenvalue weighted by atomic mass is 9.71. The van der Waals surface area contributed by atoms with Gasteiger partial charge in [-0.25, -0.2) is 4.79 Å². The standard InChI is InChI=1S/C35H36N2O6S/c1-34(2)25-16-20(33(38)42-5)6-8-27(25)37-13-11-29-24(32(34)37)15-21-14-23-19(17-30(21)43-29)10-12-36-28-9-7-22(44(39,40)41)18-26(28)35(3,4)31(23)36/h6-9,14-16,18-19,29-30H,10-13,17H2,1-5H3/p+1/t19-,29-,30+/m1/s1. The summed E-state index contributed by atoms with van der Waals surface area (Å²) in [6, 6.07) is 10.9. The van der Waals surface area contributed by atoms with Crippen molar-refractivity contribution < 1.29 is 31.8 Å². The van der Waals surface area contributed by atoms with Crippen LogP contribution < -0.4 is 4.90 Å². The van der Waals surface area contributed by atoms with E-state index in [1.54, 1.807) is 6.07 Å². The van der Waals surface area contributed by atoms with Crippen molar-refractivity contribution in [3.8, 4) is 0 Å². The molecule has 6 aliphatic rings. The Kier molecular flexibility index (Phi) is 5.74. The first kappa shape index (κ1) is 28.0. The minimum atomic E-state index is -4.30. The van der Waals surface area contributed by atoms with Gasteiger partial charge in [-0.2, -0.15) is 13.0 Å². The number of methoxy groups -OCH3 is 1. The third-order valence-corrected chi connectivity index (χ3v) is 11.7. The Bertz CT molecular complexity index is 1930. The van der Waals surface area contributed by atoms with Gasteiger partial charge in [-0.15, -0.1) is 0 Å². The second-order valence-corrected chi connectivity index (χ2v) is 15.4. The number of benzene rings is 2. The summed E-state index contributed by atoms with van der Waals surface area (Å²) in [5.41, 5.74) is 10.1. The van der Waals surface area contributed by atoms with E-state index in [4.69, 9.17) is 9.47 Å². The summed E-state index contributed by atoms with van der Waals surface area (Å²) in [4.78, 5) is 14.6. The number of rotatable bonds is 2. The highest BCUT2D eigenvalue weighted by Gasteiger charge is 2.54. The zero-order valence-corrected chi connectivity index (χ0v) is 26.5. The van der Waals surface area contributed by atoms with Gasteiger partial charge >= 0.3 is 5.97 Å². The van der Waals surface area contributed by atoms with Gasteiger partial charge in [0.05, 0.1) is 35.2 Å². The summed E-state index contributed by atoms with van der Waals surface area (Å²) in [6.07, 6.45) is 7.58. The summed E-state index contributed by atoms with van der Waals surface area (Å²) >= 11 is 0. The average molecular weight is 614 g/mol. The fourth-order valence-electron chi connectivity index (χ4n) is 8.83. The van der Waals surface area contributed by atoms with Gasteiger partial charge in [-0.05, 0) is 85.7 Å². The highest BCUT2D eigenvalue weighted by atomic mass is 32.2. The molecule has 0 amide bonds. The van der Waals surface area contributed by atoms with Crippen LogP contribution in [-0.2, 0) is 30.4 Å². The molecule has 0 saturated carbocycles. The molecule has 8 rings (SSSR count). The van der Waals surface area contributed by atoms with Crippen molar-refractivity contribution in [1.82, 2.24) is 0 Å². The third-order valence-electron chi connectivity index (χ3n) is 10.8. The number of hydrogen-bond donors (Lipinski definition) is 1. The molecule has 0 fully saturated rings. The van der Waals surface area contributed by atoms with Crippen LogP contribution >= 0.6 is 0 Å². The fourth-order valence-corrected chi connectivity index (χ4v) is 9.34. The SMILES string of the molecule is COC(=O)c1ccc2c(c1)C(C)(C)C1=[N+]2CC[C@H]2O[C@H]3C[C@H]4CCN5C(=C4C=C3C=C12)C(C)(C)c1cc(S(=O)(=O)O)ccc15. The van der Waals surface area contributed by atoms with Crippen molar-refractivity contribution in [2.75, 3.05) is 25.1 Å². The Labute approximate surface area is 258 Å². The van der Waals surface area contributed by atoms with Gasteiger partial charge in [0.25, 0.3) is 10.1 Å². The molecule has 0 unspecified atom stereocenters. The quantitative estimate of drug-likeness (QED) is 0.268. The molecule has 1 aliphatic carbocycles. The topological polar surface area (TPSA) is 96.2 Å². The van der Waals surface area contributed by atoms with E-state index in [1.807, 2.05) is 24.3 Å². The summed E-state index contributed by atoms with van der Waals surface area (Å²) < 4.78 is 48.1. The maximum absolute atomic E-state index is 12.4. The zero-order valence-electron chi connectivity index (χ0n) is 25.7. The number of hydrogen-bond acceptors (Lipinski definition) is 6. The Balaban J connectivity index is 1.24. The van der Waals surface area contributed by atoms with Gasteiger partial charge < -0.3 is 14.4 Å². The zero-order chi connectivity index (χ0) is 30.9. The van der Waals surface area contributed by atoms with Crippen molar-refractivity contribution in [2.45, 2.75) is 74.9 Å². The molecule has 5 heterocycles. The van der Waals surface area contributed by atoms with Crippen LogP contribution in [0, 0.1) is 5.92 Å². The predicted molar refractivity (Wildman–Crippen MR) is 166 cm³/mol. The van der Waals surface area contributed by atoms with Gasteiger partial charge in [0, 0.05) is 47.0 Å². The second kappa shape index (κ2) is 9.02. The first-order chi connectivity index (χ1) is 20.8. The van der Waals surface area contributed by atoms with Crippen molar-refractivity contribution in [2.24, 2.45) is 5.92 Å². The van der Waals surface area contributed by atoms with Crippen LogP contribution in [0.25, 0.3) is 0 Å². The molecule has 0 aromatic heterocycles. The summed E-state index contributed by atoms with van der Waals surface area (Å²) in [6.45, 7) is 10.5. The maximum atomic E-state index is 12.4. The Morgan fingerprint density at radius 2 is 1.82 bits per heavy atom. The smallest absolute Gasteiger partial charge is 0.337 e. The molecule has 2 aromatic rings.